The molecule has 1 aromatic carbocycles. The molecule has 2 amide bonds. The number of nitrogens with one attached hydrogen (secondary N) is 2. The van der Waals surface area contributed by atoms with Crippen molar-refractivity contribution in [1.82, 2.24) is 5.32 Å². The van der Waals surface area contributed by atoms with Crippen LogP contribution in [0.5, 0.6) is 0 Å². The SMILES string of the molecule is O=C(NCCC(O)c1ccco1)Nc1ccccc1. The van der Waals surface area contributed by atoms with Gasteiger partial charge in [0, 0.05) is 12.2 Å². The number of carbonyl (C=O) groups excluding carboxylic acids is 1. The number of benzene rings is 1. The van der Waals surface area contributed by atoms with Crippen LogP contribution in [0.2, 0.25) is 0 Å². The van der Waals surface area contributed by atoms with Crippen LogP contribution in [0, 0.1) is 0 Å². The van der Waals surface area contributed by atoms with Crippen LogP contribution in [0.4, 0.5) is 10.5 Å². The Bertz CT molecular complexity index is 497. The molecule has 1 heterocycles. The largest absolute Gasteiger partial charge is 0.467 e. The van der Waals surface area contributed by atoms with Gasteiger partial charge in [0.05, 0.1) is 6.26 Å². The highest BCUT2D eigenvalue weighted by Crippen LogP contribution is 2.15. The molecule has 5 heteroatoms. The number of aliphatic hydroxyl groups is 1. The fourth-order valence-electron chi connectivity index (χ4n) is 1.64. The number of furan rings is 1. The Morgan fingerprint density at radius 3 is 2.68 bits per heavy atom. The van der Waals surface area contributed by atoms with Gasteiger partial charge in [-0.3, -0.25) is 0 Å². The zero-order valence-corrected chi connectivity index (χ0v) is 10.4. The molecular formula is C14H16N2O3. The average molecular weight is 260 g/mol. The first-order valence-electron chi connectivity index (χ1n) is 6.07. The smallest absolute Gasteiger partial charge is 0.319 e. The summed E-state index contributed by atoms with van der Waals surface area (Å²) in [4.78, 5) is 11.6. The first kappa shape index (κ1) is 13.2. The van der Waals surface area contributed by atoms with Crippen molar-refractivity contribution in [2.75, 3.05) is 11.9 Å². The van der Waals surface area contributed by atoms with E-state index in [0.29, 0.717) is 18.7 Å². The van der Waals surface area contributed by atoms with E-state index in [1.807, 2.05) is 18.2 Å². The predicted molar refractivity (Wildman–Crippen MR) is 71.7 cm³/mol. The van der Waals surface area contributed by atoms with Gasteiger partial charge in [-0.1, -0.05) is 18.2 Å². The van der Waals surface area contributed by atoms with Gasteiger partial charge in [0.1, 0.15) is 11.9 Å². The lowest BCUT2D eigenvalue weighted by molar-refractivity contribution is 0.140. The Balaban J connectivity index is 1.70. The van der Waals surface area contributed by atoms with Crippen molar-refractivity contribution in [3.8, 4) is 0 Å². The molecule has 0 spiro atoms. The van der Waals surface area contributed by atoms with Gasteiger partial charge < -0.3 is 20.2 Å². The first-order chi connectivity index (χ1) is 9.25. The maximum Gasteiger partial charge on any atom is 0.319 e. The first-order valence-corrected chi connectivity index (χ1v) is 6.07. The van der Waals surface area contributed by atoms with Crippen LogP contribution in [0.25, 0.3) is 0 Å². The van der Waals surface area contributed by atoms with Gasteiger partial charge in [-0.05, 0) is 30.7 Å². The lowest BCUT2D eigenvalue weighted by atomic mass is 10.2. The fourth-order valence-corrected chi connectivity index (χ4v) is 1.64. The maximum atomic E-state index is 11.6. The van der Waals surface area contributed by atoms with Crippen LogP contribution in [0.3, 0.4) is 0 Å². The number of hydrogen-bond donors (Lipinski definition) is 3. The standard InChI is InChI=1S/C14H16N2O3/c17-12(13-7-4-10-19-13)8-9-15-14(18)16-11-5-2-1-3-6-11/h1-7,10,12,17H,8-9H2,(H2,15,16,18). The van der Waals surface area contributed by atoms with Crippen molar-refractivity contribution in [1.29, 1.82) is 0 Å². The summed E-state index contributed by atoms with van der Waals surface area (Å²) in [6, 6.07) is 12.3. The third-order valence-electron chi connectivity index (χ3n) is 2.61. The van der Waals surface area contributed by atoms with Crippen LogP contribution in [-0.4, -0.2) is 17.7 Å². The van der Waals surface area contributed by atoms with Gasteiger partial charge in [0.15, 0.2) is 0 Å². The van der Waals surface area contributed by atoms with E-state index >= 15 is 0 Å². The molecule has 5 nitrogen and oxygen atoms in total. The molecule has 0 saturated heterocycles. The Kier molecular flexibility index (Phi) is 4.58. The van der Waals surface area contributed by atoms with Crippen LogP contribution in [0.15, 0.2) is 53.1 Å². The number of amides is 2. The minimum Gasteiger partial charge on any atom is -0.467 e. The average Bonchev–Trinajstić information content (AvgIpc) is 2.93. The number of anilines is 1. The Morgan fingerprint density at radius 1 is 1.21 bits per heavy atom. The van der Waals surface area contributed by atoms with E-state index in [4.69, 9.17) is 4.42 Å². The normalized spacial score (nSPS) is 11.8. The molecular weight excluding hydrogens is 244 g/mol. The molecule has 0 saturated carbocycles. The Hall–Kier alpha value is -2.27. The van der Waals surface area contributed by atoms with E-state index in [9.17, 15) is 9.90 Å². The molecule has 1 aromatic heterocycles. The van der Waals surface area contributed by atoms with Crippen molar-refractivity contribution in [2.24, 2.45) is 0 Å². The van der Waals surface area contributed by atoms with Crippen LogP contribution >= 0.6 is 0 Å². The molecule has 0 aliphatic heterocycles. The predicted octanol–water partition coefficient (Wildman–Crippen LogP) is 2.52. The molecule has 0 aliphatic carbocycles. The second-order valence-corrected chi connectivity index (χ2v) is 4.07. The van der Waals surface area contributed by atoms with Crippen LogP contribution in [0.1, 0.15) is 18.3 Å². The molecule has 1 atom stereocenters. The second kappa shape index (κ2) is 6.61. The van der Waals surface area contributed by atoms with Gasteiger partial charge in [-0.15, -0.1) is 0 Å². The zero-order chi connectivity index (χ0) is 13.5. The highest BCUT2D eigenvalue weighted by Gasteiger charge is 2.10. The quantitative estimate of drug-likeness (QED) is 0.773. The highest BCUT2D eigenvalue weighted by molar-refractivity contribution is 5.89. The second-order valence-electron chi connectivity index (χ2n) is 4.07. The Morgan fingerprint density at radius 2 is 2.00 bits per heavy atom. The molecule has 0 aliphatic rings. The monoisotopic (exact) mass is 260 g/mol. The number of rotatable bonds is 5. The molecule has 2 rings (SSSR count). The van der Waals surface area contributed by atoms with E-state index in [2.05, 4.69) is 10.6 Å². The van der Waals surface area contributed by atoms with Gasteiger partial charge in [0.2, 0.25) is 0 Å². The van der Waals surface area contributed by atoms with Gasteiger partial charge in [-0.2, -0.15) is 0 Å². The molecule has 1 unspecified atom stereocenters. The van der Waals surface area contributed by atoms with E-state index in [0.717, 1.165) is 5.69 Å². The molecule has 0 fully saturated rings. The third kappa shape index (κ3) is 4.15. The van der Waals surface area contributed by atoms with Gasteiger partial charge >= 0.3 is 6.03 Å². The van der Waals surface area contributed by atoms with Crippen LogP contribution < -0.4 is 10.6 Å². The fraction of sp³-hybridized carbons (Fsp3) is 0.214. The number of hydrogen-bond acceptors (Lipinski definition) is 3. The van der Waals surface area contributed by atoms with E-state index in [-0.39, 0.29) is 6.03 Å². The number of para-hydroxylation sites is 1. The minimum absolute atomic E-state index is 0.294. The molecule has 3 N–H and O–H groups in total. The summed E-state index contributed by atoms with van der Waals surface area (Å²) in [5, 5.41) is 15.1. The molecule has 19 heavy (non-hydrogen) atoms. The zero-order valence-electron chi connectivity index (χ0n) is 10.4. The summed E-state index contributed by atoms with van der Waals surface area (Å²) < 4.78 is 5.07. The number of aliphatic hydroxyl groups excluding tert-OH is 1. The third-order valence-corrected chi connectivity index (χ3v) is 2.61. The maximum absolute atomic E-state index is 11.6. The minimum atomic E-state index is -0.702. The van der Waals surface area contributed by atoms with Crippen molar-refractivity contribution < 1.29 is 14.3 Å². The van der Waals surface area contributed by atoms with Crippen molar-refractivity contribution in [3.05, 3.63) is 54.5 Å². The van der Waals surface area contributed by atoms with Gasteiger partial charge in [0.25, 0.3) is 0 Å². The molecule has 2 aromatic rings. The Labute approximate surface area is 111 Å². The lowest BCUT2D eigenvalue weighted by Crippen LogP contribution is -2.30. The van der Waals surface area contributed by atoms with Crippen molar-refractivity contribution >= 4 is 11.7 Å². The molecule has 100 valence electrons. The summed E-state index contributed by atoms with van der Waals surface area (Å²) in [6.45, 7) is 0.362. The summed E-state index contributed by atoms with van der Waals surface area (Å²) in [6.07, 6.45) is 1.20. The number of carbonyl (C=O) groups is 1. The topological polar surface area (TPSA) is 74.5 Å². The highest BCUT2D eigenvalue weighted by atomic mass is 16.4. The van der Waals surface area contributed by atoms with Gasteiger partial charge in [-0.25, -0.2) is 4.79 Å². The summed E-state index contributed by atoms with van der Waals surface area (Å²) in [7, 11) is 0. The lowest BCUT2D eigenvalue weighted by Gasteiger charge is -2.10. The van der Waals surface area contributed by atoms with Crippen LogP contribution in [-0.2, 0) is 0 Å². The molecule has 0 bridgehead atoms. The van der Waals surface area contributed by atoms with Crippen molar-refractivity contribution in [3.63, 3.8) is 0 Å². The summed E-state index contributed by atoms with van der Waals surface area (Å²) in [5.41, 5.74) is 0.728. The van der Waals surface area contributed by atoms with E-state index in [1.54, 1.807) is 24.3 Å². The van der Waals surface area contributed by atoms with Crippen molar-refractivity contribution in [2.45, 2.75) is 12.5 Å². The summed E-state index contributed by atoms with van der Waals surface area (Å²) in [5.74, 6) is 0.505. The number of urea groups is 1. The summed E-state index contributed by atoms with van der Waals surface area (Å²) >= 11 is 0. The van der Waals surface area contributed by atoms with E-state index in [1.165, 1.54) is 6.26 Å². The van der Waals surface area contributed by atoms with E-state index < -0.39 is 6.10 Å². The molecule has 0 radical (unpaired) electrons.